The van der Waals surface area contributed by atoms with E-state index in [1.165, 1.54) is 6.08 Å². The van der Waals surface area contributed by atoms with Crippen LogP contribution in [0.25, 0.3) is 27.9 Å². The number of aliphatic hydroxyl groups excluding tert-OH is 1. The zero-order chi connectivity index (χ0) is 20.2. The van der Waals surface area contributed by atoms with E-state index in [9.17, 15) is 14.7 Å². The summed E-state index contributed by atoms with van der Waals surface area (Å²) in [5.41, 5.74) is 3.13. The average molecular weight is 389 g/mol. The highest BCUT2D eigenvalue weighted by Gasteiger charge is 2.19. The molecule has 4 aromatic rings. The third kappa shape index (κ3) is 4.02. The van der Waals surface area contributed by atoms with Crippen molar-refractivity contribution in [3.8, 4) is 0 Å². The lowest BCUT2D eigenvalue weighted by Gasteiger charge is -2.15. The van der Waals surface area contributed by atoms with Crippen LogP contribution in [0.15, 0.2) is 60.9 Å². The number of hydrogen-bond donors (Lipinski definition) is 5. The summed E-state index contributed by atoms with van der Waals surface area (Å²) >= 11 is 0. The number of hydrogen-bond acceptors (Lipinski definition) is 4. The van der Waals surface area contributed by atoms with Crippen LogP contribution in [0.5, 0.6) is 0 Å². The van der Waals surface area contributed by atoms with E-state index in [1.807, 2.05) is 30.3 Å². The van der Waals surface area contributed by atoms with Crippen molar-refractivity contribution in [3.05, 3.63) is 66.5 Å². The molecule has 0 saturated heterocycles. The summed E-state index contributed by atoms with van der Waals surface area (Å²) in [5.74, 6) is -0.992. The highest BCUT2D eigenvalue weighted by atomic mass is 16.3. The van der Waals surface area contributed by atoms with Crippen molar-refractivity contribution in [3.63, 3.8) is 0 Å². The summed E-state index contributed by atoms with van der Waals surface area (Å²) < 4.78 is 0. The van der Waals surface area contributed by atoms with Gasteiger partial charge in [-0.25, -0.2) is 0 Å². The Balaban J connectivity index is 1.40. The highest BCUT2D eigenvalue weighted by Crippen LogP contribution is 2.19. The molecule has 5 N–H and O–H groups in total. The number of nitrogens with one attached hydrogen (secondary N) is 4. The number of para-hydroxylation sites is 1. The quantitative estimate of drug-likeness (QED) is 0.324. The van der Waals surface area contributed by atoms with Crippen LogP contribution in [0, 0.1) is 0 Å². The van der Waals surface area contributed by atoms with Crippen LogP contribution in [0.4, 0.5) is 5.69 Å². The number of nitrogens with zero attached hydrogens (tertiary/aromatic N) is 1. The molecular weight excluding hydrogens is 370 g/mol. The van der Waals surface area contributed by atoms with Crippen molar-refractivity contribution in [1.29, 1.82) is 0 Å². The van der Waals surface area contributed by atoms with E-state index < -0.39 is 24.5 Å². The molecule has 8 heteroatoms. The fourth-order valence-electron chi connectivity index (χ4n) is 3.06. The maximum atomic E-state index is 12.4. The number of amides is 2. The van der Waals surface area contributed by atoms with Gasteiger partial charge in [-0.2, -0.15) is 5.10 Å². The maximum absolute atomic E-state index is 12.4. The lowest BCUT2D eigenvalue weighted by atomic mass is 10.1. The number of aromatic amines is 2. The monoisotopic (exact) mass is 389 g/mol. The van der Waals surface area contributed by atoms with Gasteiger partial charge in [-0.3, -0.25) is 14.7 Å². The van der Waals surface area contributed by atoms with Gasteiger partial charge in [0.05, 0.1) is 18.3 Å². The molecule has 2 aromatic carbocycles. The van der Waals surface area contributed by atoms with E-state index in [0.29, 0.717) is 5.69 Å². The van der Waals surface area contributed by atoms with Gasteiger partial charge in [0.1, 0.15) is 6.04 Å². The summed E-state index contributed by atoms with van der Waals surface area (Å²) in [5, 5.41) is 23.4. The lowest BCUT2D eigenvalue weighted by molar-refractivity contribution is -0.124. The van der Waals surface area contributed by atoms with Crippen molar-refractivity contribution in [2.24, 2.45) is 0 Å². The minimum Gasteiger partial charge on any atom is -0.394 e. The largest absolute Gasteiger partial charge is 0.394 e. The molecule has 2 amide bonds. The first-order valence-corrected chi connectivity index (χ1v) is 9.03. The summed E-state index contributed by atoms with van der Waals surface area (Å²) in [6.07, 6.45) is 6.48. The molecular formula is C21H19N5O3. The van der Waals surface area contributed by atoms with Crippen molar-refractivity contribution < 1.29 is 14.7 Å². The van der Waals surface area contributed by atoms with Crippen molar-refractivity contribution in [2.75, 3.05) is 11.9 Å². The number of anilines is 1. The van der Waals surface area contributed by atoms with Gasteiger partial charge in [-0.05, 0) is 35.9 Å². The van der Waals surface area contributed by atoms with E-state index in [1.54, 1.807) is 30.6 Å². The van der Waals surface area contributed by atoms with Crippen molar-refractivity contribution in [1.82, 2.24) is 20.5 Å². The number of aliphatic hydroxyl groups is 1. The van der Waals surface area contributed by atoms with E-state index in [2.05, 4.69) is 25.8 Å². The molecule has 0 aliphatic rings. The van der Waals surface area contributed by atoms with E-state index in [0.717, 1.165) is 27.4 Å². The number of aromatic nitrogens is 3. The zero-order valence-electron chi connectivity index (χ0n) is 15.3. The van der Waals surface area contributed by atoms with Gasteiger partial charge >= 0.3 is 0 Å². The number of H-pyrrole nitrogens is 2. The zero-order valence-corrected chi connectivity index (χ0v) is 15.3. The molecule has 4 rings (SSSR count). The van der Waals surface area contributed by atoms with E-state index >= 15 is 0 Å². The molecule has 0 unspecified atom stereocenters. The minimum atomic E-state index is -1.08. The van der Waals surface area contributed by atoms with Crippen LogP contribution in [-0.2, 0) is 9.59 Å². The number of carbonyl (C=O) groups excluding carboxylic acids is 2. The van der Waals surface area contributed by atoms with Gasteiger partial charge in [0, 0.05) is 34.2 Å². The SMILES string of the molecule is O=C(C=Cc1c[nH]c2ccccc12)N[C@@H](CO)C(=O)Nc1ccc2cn[nH]c2c1. The third-order valence-electron chi connectivity index (χ3n) is 4.56. The standard InChI is InChI=1S/C21H19N5O3/c27-12-19(21(29)24-15-7-5-14-11-23-26-18(14)9-15)25-20(28)8-6-13-10-22-17-4-2-1-3-16(13)17/h1-11,19,22,27H,12H2,(H,23,26)(H,24,29)(H,25,28)/t19-/m0/s1. The summed E-state index contributed by atoms with van der Waals surface area (Å²) in [6, 6.07) is 11.9. The molecule has 29 heavy (non-hydrogen) atoms. The van der Waals surface area contributed by atoms with Crippen molar-refractivity contribution >= 4 is 45.4 Å². The molecule has 146 valence electrons. The van der Waals surface area contributed by atoms with Gasteiger partial charge in [0.15, 0.2) is 0 Å². The number of carbonyl (C=O) groups is 2. The second kappa shape index (κ2) is 7.99. The highest BCUT2D eigenvalue weighted by molar-refractivity contribution is 6.01. The van der Waals surface area contributed by atoms with Crippen LogP contribution in [-0.4, -0.2) is 44.8 Å². The fourth-order valence-corrected chi connectivity index (χ4v) is 3.06. The van der Waals surface area contributed by atoms with Gasteiger partial charge in [0.2, 0.25) is 11.8 Å². The molecule has 1 atom stereocenters. The van der Waals surface area contributed by atoms with Crippen LogP contribution >= 0.6 is 0 Å². The molecule has 2 aromatic heterocycles. The molecule has 0 bridgehead atoms. The Morgan fingerprint density at radius 1 is 1.17 bits per heavy atom. The first-order chi connectivity index (χ1) is 14.1. The van der Waals surface area contributed by atoms with Crippen LogP contribution in [0.1, 0.15) is 5.56 Å². The Morgan fingerprint density at radius 2 is 2.03 bits per heavy atom. The average Bonchev–Trinajstić information content (AvgIpc) is 3.36. The normalized spacial score (nSPS) is 12.4. The summed E-state index contributed by atoms with van der Waals surface area (Å²) in [4.78, 5) is 27.8. The van der Waals surface area contributed by atoms with E-state index in [-0.39, 0.29) is 0 Å². The molecule has 2 heterocycles. The maximum Gasteiger partial charge on any atom is 0.249 e. The third-order valence-corrected chi connectivity index (χ3v) is 4.56. The summed E-state index contributed by atoms with van der Waals surface area (Å²) in [7, 11) is 0. The first kappa shape index (κ1) is 18.5. The predicted molar refractivity (Wildman–Crippen MR) is 111 cm³/mol. The second-order valence-electron chi connectivity index (χ2n) is 6.53. The Morgan fingerprint density at radius 3 is 2.90 bits per heavy atom. The number of rotatable bonds is 6. The Hall–Kier alpha value is -3.91. The molecule has 8 nitrogen and oxygen atoms in total. The topological polar surface area (TPSA) is 123 Å². The van der Waals surface area contributed by atoms with Crippen molar-refractivity contribution in [2.45, 2.75) is 6.04 Å². The van der Waals surface area contributed by atoms with E-state index in [4.69, 9.17) is 0 Å². The van der Waals surface area contributed by atoms with Gasteiger partial charge in [-0.15, -0.1) is 0 Å². The van der Waals surface area contributed by atoms with Gasteiger partial charge < -0.3 is 20.7 Å². The predicted octanol–water partition coefficient (Wildman–Crippen LogP) is 2.17. The number of fused-ring (bicyclic) bond motifs is 2. The lowest BCUT2D eigenvalue weighted by Crippen LogP contribution is -2.45. The van der Waals surface area contributed by atoms with Crippen LogP contribution in [0.3, 0.4) is 0 Å². The molecule has 0 saturated carbocycles. The van der Waals surface area contributed by atoms with Crippen LogP contribution < -0.4 is 10.6 Å². The first-order valence-electron chi connectivity index (χ1n) is 9.03. The second-order valence-corrected chi connectivity index (χ2v) is 6.53. The van der Waals surface area contributed by atoms with Crippen LogP contribution in [0.2, 0.25) is 0 Å². The fraction of sp³-hybridized carbons (Fsp3) is 0.0952. The molecule has 0 aliphatic heterocycles. The minimum absolute atomic E-state index is 0.478. The Bertz CT molecular complexity index is 1210. The molecule has 0 spiro atoms. The molecule has 0 aliphatic carbocycles. The molecule has 0 fully saturated rings. The summed E-state index contributed by atoms with van der Waals surface area (Å²) in [6.45, 7) is -0.523. The Kier molecular flexibility index (Phi) is 5.08. The molecule has 0 radical (unpaired) electrons. The Labute approximate surface area is 165 Å². The smallest absolute Gasteiger partial charge is 0.249 e. The van der Waals surface area contributed by atoms with Gasteiger partial charge in [-0.1, -0.05) is 18.2 Å². The van der Waals surface area contributed by atoms with Gasteiger partial charge in [0.25, 0.3) is 0 Å². The number of benzene rings is 2.